The molecule has 9 heteroatoms. The number of furan rings is 1. The van der Waals surface area contributed by atoms with Gasteiger partial charge in [-0.1, -0.05) is 18.2 Å². The number of fused-ring (bicyclic) bond motifs is 1. The SMILES string of the molecule is CCn1c(-c2ccc(-n3ccnc3)cc2)cnc1C(Cc1ccccn1)N(C=O)c1cc2cc(C=O)ccc2o1. The van der Waals surface area contributed by atoms with Gasteiger partial charge in [0.1, 0.15) is 23.7 Å². The Hall–Kier alpha value is -5.31. The number of nitrogens with zero attached hydrogens (tertiary/aromatic N) is 6. The minimum atomic E-state index is -0.502. The quantitative estimate of drug-likeness (QED) is 0.212. The molecule has 0 aliphatic heterocycles. The van der Waals surface area contributed by atoms with E-state index in [1.807, 2.05) is 47.3 Å². The third-order valence-electron chi connectivity index (χ3n) is 6.96. The predicted molar refractivity (Wildman–Crippen MR) is 151 cm³/mol. The van der Waals surface area contributed by atoms with Crippen LogP contribution in [-0.2, 0) is 17.8 Å². The molecule has 4 aromatic heterocycles. The standard InChI is InChI=1S/C31H26N6O3/c1-2-36-28(23-7-9-26(10-8-23)35-14-13-32-20-35)18-34-31(36)27(17-25-5-3-4-12-33-25)37(21-39)30-16-24-15-22(19-38)6-11-29(24)40-30/h3-16,18-21,27H,2,17H2,1H3. The Labute approximate surface area is 230 Å². The molecule has 6 rings (SSSR count). The smallest absolute Gasteiger partial charge is 0.217 e. The zero-order valence-electron chi connectivity index (χ0n) is 21.8. The number of pyridine rings is 1. The van der Waals surface area contributed by atoms with E-state index >= 15 is 0 Å². The largest absolute Gasteiger partial charge is 0.440 e. The first-order valence-electron chi connectivity index (χ1n) is 12.9. The first-order chi connectivity index (χ1) is 19.7. The van der Waals surface area contributed by atoms with E-state index in [0.29, 0.717) is 35.8 Å². The van der Waals surface area contributed by atoms with Crippen molar-refractivity contribution in [1.29, 1.82) is 0 Å². The van der Waals surface area contributed by atoms with Gasteiger partial charge in [0.25, 0.3) is 0 Å². The van der Waals surface area contributed by atoms with Crippen LogP contribution >= 0.6 is 0 Å². The molecule has 0 aliphatic carbocycles. The highest BCUT2D eigenvalue weighted by molar-refractivity contribution is 5.89. The maximum atomic E-state index is 12.7. The number of imidazole rings is 2. The van der Waals surface area contributed by atoms with E-state index in [0.717, 1.165) is 40.7 Å². The second-order valence-corrected chi connectivity index (χ2v) is 9.32. The Morgan fingerprint density at radius 2 is 1.88 bits per heavy atom. The van der Waals surface area contributed by atoms with Gasteiger partial charge in [-0.2, -0.15) is 0 Å². The molecule has 0 saturated carbocycles. The molecule has 0 aliphatic rings. The van der Waals surface area contributed by atoms with E-state index in [1.165, 1.54) is 0 Å². The minimum absolute atomic E-state index is 0.367. The lowest BCUT2D eigenvalue weighted by atomic mass is 10.1. The summed E-state index contributed by atoms with van der Waals surface area (Å²) in [5.74, 6) is 1.08. The monoisotopic (exact) mass is 530 g/mol. The molecule has 4 heterocycles. The molecule has 9 nitrogen and oxygen atoms in total. The van der Waals surface area contributed by atoms with Crippen molar-refractivity contribution in [3.05, 3.63) is 115 Å². The average molecular weight is 531 g/mol. The predicted octanol–water partition coefficient (Wildman–Crippen LogP) is 5.66. The fourth-order valence-corrected chi connectivity index (χ4v) is 4.99. The van der Waals surface area contributed by atoms with Crippen LogP contribution in [0.4, 0.5) is 5.88 Å². The van der Waals surface area contributed by atoms with Gasteiger partial charge in [-0.05, 0) is 55.0 Å². The number of amides is 1. The van der Waals surface area contributed by atoms with Gasteiger partial charge in [-0.15, -0.1) is 0 Å². The number of aldehydes is 1. The lowest BCUT2D eigenvalue weighted by Crippen LogP contribution is -2.31. The molecule has 0 fully saturated rings. The Morgan fingerprint density at radius 1 is 1.00 bits per heavy atom. The van der Waals surface area contributed by atoms with Gasteiger partial charge in [-0.3, -0.25) is 19.5 Å². The summed E-state index contributed by atoms with van der Waals surface area (Å²) in [6.45, 7) is 2.70. The van der Waals surface area contributed by atoms with Gasteiger partial charge >= 0.3 is 0 Å². The number of anilines is 1. The van der Waals surface area contributed by atoms with E-state index in [9.17, 15) is 9.59 Å². The summed E-state index contributed by atoms with van der Waals surface area (Å²) in [4.78, 5) is 39.0. The molecular formula is C31H26N6O3. The van der Waals surface area contributed by atoms with Crippen LogP contribution in [0.3, 0.4) is 0 Å². The van der Waals surface area contributed by atoms with Crippen LogP contribution in [0.5, 0.6) is 0 Å². The van der Waals surface area contributed by atoms with Crippen LogP contribution in [0.2, 0.25) is 0 Å². The maximum absolute atomic E-state index is 12.7. The molecule has 40 heavy (non-hydrogen) atoms. The first-order valence-corrected chi connectivity index (χ1v) is 12.9. The number of hydrogen-bond donors (Lipinski definition) is 0. The van der Waals surface area contributed by atoms with Crippen molar-refractivity contribution in [2.45, 2.75) is 25.9 Å². The third-order valence-corrected chi connectivity index (χ3v) is 6.96. The fourth-order valence-electron chi connectivity index (χ4n) is 4.99. The topological polar surface area (TPSA) is 99.0 Å². The Kier molecular flexibility index (Phi) is 6.76. The summed E-state index contributed by atoms with van der Waals surface area (Å²) in [6.07, 6.45) is 11.0. The van der Waals surface area contributed by atoms with Crippen LogP contribution in [0.25, 0.3) is 27.9 Å². The molecule has 1 atom stereocenters. The van der Waals surface area contributed by atoms with Crippen molar-refractivity contribution in [3.8, 4) is 16.9 Å². The highest BCUT2D eigenvalue weighted by Crippen LogP contribution is 2.35. The summed E-state index contributed by atoms with van der Waals surface area (Å²) < 4.78 is 10.1. The van der Waals surface area contributed by atoms with Crippen molar-refractivity contribution in [2.75, 3.05) is 4.90 Å². The average Bonchev–Trinajstić information content (AvgIpc) is 3.77. The molecule has 0 radical (unpaired) electrons. The maximum Gasteiger partial charge on any atom is 0.217 e. The van der Waals surface area contributed by atoms with Crippen molar-refractivity contribution in [1.82, 2.24) is 24.1 Å². The number of carbonyl (C=O) groups is 2. The highest BCUT2D eigenvalue weighted by atomic mass is 16.4. The van der Waals surface area contributed by atoms with Gasteiger partial charge in [0, 0.05) is 60.0 Å². The van der Waals surface area contributed by atoms with Crippen LogP contribution < -0.4 is 4.90 Å². The molecule has 0 saturated heterocycles. The molecule has 0 bridgehead atoms. The fraction of sp³-hybridized carbons (Fsp3) is 0.129. The molecule has 198 valence electrons. The normalized spacial score (nSPS) is 11.9. The van der Waals surface area contributed by atoms with Crippen LogP contribution in [-0.4, -0.2) is 36.8 Å². The Balaban J connectivity index is 1.42. The highest BCUT2D eigenvalue weighted by Gasteiger charge is 2.29. The van der Waals surface area contributed by atoms with Crippen molar-refractivity contribution < 1.29 is 14.0 Å². The van der Waals surface area contributed by atoms with Gasteiger partial charge in [0.15, 0.2) is 0 Å². The zero-order chi connectivity index (χ0) is 27.5. The van der Waals surface area contributed by atoms with Crippen molar-refractivity contribution >= 4 is 29.5 Å². The second-order valence-electron chi connectivity index (χ2n) is 9.32. The number of hydrogen-bond acceptors (Lipinski definition) is 6. The van der Waals surface area contributed by atoms with Gasteiger partial charge in [0.2, 0.25) is 12.3 Å². The van der Waals surface area contributed by atoms with Gasteiger partial charge in [-0.25, -0.2) is 9.97 Å². The van der Waals surface area contributed by atoms with Crippen LogP contribution in [0, 0.1) is 0 Å². The molecule has 6 aromatic rings. The summed E-state index contributed by atoms with van der Waals surface area (Å²) in [5, 5.41) is 0.737. The van der Waals surface area contributed by atoms with E-state index in [4.69, 9.17) is 9.40 Å². The van der Waals surface area contributed by atoms with Crippen LogP contribution in [0.15, 0.2) is 102 Å². The van der Waals surface area contributed by atoms with E-state index < -0.39 is 6.04 Å². The van der Waals surface area contributed by atoms with Crippen molar-refractivity contribution in [2.24, 2.45) is 0 Å². The second kappa shape index (κ2) is 10.8. The van der Waals surface area contributed by atoms with Crippen molar-refractivity contribution in [3.63, 3.8) is 0 Å². The van der Waals surface area contributed by atoms with Gasteiger partial charge < -0.3 is 13.6 Å². The van der Waals surface area contributed by atoms with Crippen LogP contribution in [0.1, 0.15) is 34.8 Å². The van der Waals surface area contributed by atoms with E-state index in [1.54, 1.807) is 47.9 Å². The summed E-state index contributed by atoms with van der Waals surface area (Å²) >= 11 is 0. The molecule has 1 unspecified atom stereocenters. The Bertz CT molecular complexity index is 1750. The lowest BCUT2D eigenvalue weighted by molar-refractivity contribution is -0.108. The Morgan fingerprint density at radius 3 is 2.58 bits per heavy atom. The summed E-state index contributed by atoms with van der Waals surface area (Å²) in [7, 11) is 0. The number of aromatic nitrogens is 5. The van der Waals surface area contributed by atoms with Gasteiger partial charge in [0.05, 0.1) is 18.2 Å². The minimum Gasteiger partial charge on any atom is -0.440 e. The summed E-state index contributed by atoms with van der Waals surface area (Å²) in [5.41, 5.74) is 4.88. The zero-order valence-corrected chi connectivity index (χ0v) is 21.8. The summed E-state index contributed by atoms with van der Waals surface area (Å²) in [6, 6.07) is 20.3. The van der Waals surface area contributed by atoms with E-state index in [-0.39, 0.29) is 0 Å². The number of benzene rings is 2. The molecule has 0 N–H and O–H groups in total. The number of rotatable bonds is 10. The number of carbonyl (C=O) groups excluding carboxylic acids is 2. The molecule has 0 spiro atoms. The molecule has 2 aromatic carbocycles. The van der Waals surface area contributed by atoms with E-state index in [2.05, 4.69) is 33.6 Å². The third kappa shape index (κ3) is 4.69. The lowest BCUT2D eigenvalue weighted by Gasteiger charge is -2.26. The first kappa shape index (κ1) is 25.0. The molecular weight excluding hydrogens is 504 g/mol. The molecule has 1 amide bonds.